The topological polar surface area (TPSA) is 72.2 Å². The summed E-state index contributed by atoms with van der Waals surface area (Å²) in [6, 6.07) is 5.93. The number of hydrogen-bond acceptors (Lipinski definition) is 3. The Morgan fingerprint density at radius 3 is 2.61 bits per heavy atom. The first-order valence-corrected chi connectivity index (χ1v) is 6.61. The van der Waals surface area contributed by atoms with Gasteiger partial charge in [0.05, 0.1) is 4.92 Å². The molecule has 1 amide bonds. The minimum Gasteiger partial charge on any atom is -0.347 e. The summed E-state index contributed by atoms with van der Waals surface area (Å²) in [7, 11) is 0. The Balaban J connectivity index is 2.95. The van der Waals surface area contributed by atoms with Crippen molar-refractivity contribution in [2.24, 2.45) is 0 Å². The fraction of sp³-hybridized carbons (Fsp3) is 0.417. The third kappa shape index (κ3) is 3.80. The number of nitrogens with zero attached hydrogens (tertiary/aromatic N) is 1. The molecular weight excluding hydrogens is 300 g/mol. The summed E-state index contributed by atoms with van der Waals surface area (Å²) in [6.07, 6.45) is 0.735. The summed E-state index contributed by atoms with van der Waals surface area (Å²) in [5, 5.41) is 14.4. The summed E-state index contributed by atoms with van der Waals surface area (Å²) in [6.45, 7) is 3.75. The Labute approximate surface area is 114 Å². The van der Waals surface area contributed by atoms with Crippen LogP contribution in [0.15, 0.2) is 24.3 Å². The first-order valence-electron chi connectivity index (χ1n) is 5.49. The molecule has 0 saturated heterocycles. The SMILES string of the molecule is CC(C)(CCBr)NC(=O)c1ccccc1[N+](=O)[O-]. The van der Waals surface area contributed by atoms with E-state index in [4.69, 9.17) is 0 Å². The van der Waals surface area contributed by atoms with Gasteiger partial charge in [-0.25, -0.2) is 0 Å². The minimum atomic E-state index is -0.549. The van der Waals surface area contributed by atoms with Crippen LogP contribution in [0, 0.1) is 10.1 Å². The number of alkyl halides is 1. The molecule has 0 unspecified atom stereocenters. The summed E-state index contributed by atoms with van der Waals surface area (Å²) >= 11 is 3.31. The van der Waals surface area contributed by atoms with E-state index in [0.717, 1.165) is 11.8 Å². The number of nitro benzene ring substituents is 1. The number of hydrogen-bond donors (Lipinski definition) is 1. The van der Waals surface area contributed by atoms with Crippen molar-refractivity contribution >= 4 is 27.5 Å². The number of benzene rings is 1. The predicted molar refractivity (Wildman–Crippen MR) is 73.1 cm³/mol. The Morgan fingerprint density at radius 2 is 2.06 bits per heavy atom. The number of rotatable bonds is 5. The van der Waals surface area contributed by atoms with E-state index in [0.29, 0.717) is 0 Å². The van der Waals surface area contributed by atoms with Crippen molar-refractivity contribution in [3.05, 3.63) is 39.9 Å². The van der Waals surface area contributed by atoms with Crippen LogP contribution < -0.4 is 5.32 Å². The monoisotopic (exact) mass is 314 g/mol. The van der Waals surface area contributed by atoms with Gasteiger partial charge in [0.15, 0.2) is 0 Å². The van der Waals surface area contributed by atoms with Crippen LogP contribution in [0.5, 0.6) is 0 Å². The second-order valence-electron chi connectivity index (χ2n) is 4.55. The number of nitrogens with one attached hydrogen (secondary N) is 1. The van der Waals surface area contributed by atoms with E-state index in [1.54, 1.807) is 12.1 Å². The van der Waals surface area contributed by atoms with Gasteiger partial charge in [-0.3, -0.25) is 14.9 Å². The predicted octanol–water partition coefficient (Wildman–Crippen LogP) is 2.89. The van der Waals surface area contributed by atoms with Gasteiger partial charge in [-0.2, -0.15) is 0 Å². The van der Waals surface area contributed by atoms with E-state index in [-0.39, 0.29) is 11.3 Å². The van der Waals surface area contributed by atoms with Crippen molar-refractivity contribution in [2.45, 2.75) is 25.8 Å². The van der Waals surface area contributed by atoms with Gasteiger partial charge >= 0.3 is 0 Å². The number of carbonyl (C=O) groups is 1. The number of carbonyl (C=O) groups excluding carboxylic acids is 1. The molecule has 1 aromatic rings. The van der Waals surface area contributed by atoms with Crippen LogP contribution in [-0.4, -0.2) is 21.7 Å². The molecule has 0 saturated carbocycles. The molecule has 0 bridgehead atoms. The van der Waals surface area contributed by atoms with Crippen molar-refractivity contribution in [1.29, 1.82) is 0 Å². The second kappa shape index (κ2) is 5.95. The summed E-state index contributed by atoms with van der Waals surface area (Å²) in [5.41, 5.74) is -0.501. The van der Waals surface area contributed by atoms with Crippen molar-refractivity contribution in [2.75, 3.05) is 5.33 Å². The summed E-state index contributed by atoms with van der Waals surface area (Å²) < 4.78 is 0. The Morgan fingerprint density at radius 1 is 1.44 bits per heavy atom. The van der Waals surface area contributed by atoms with Crippen molar-refractivity contribution in [3.8, 4) is 0 Å². The maximum atomic E-state index is 12.0. The molecule has 18 heavy (non-hydrogen) atoms. The van der Waals surface area contributed by atoms with Crippen molar-refractivity contribution in [3.63, 3.8) is 0 Å². The fourth-order valence-corrected chi connectivity index (χ4v) is 2.49. The zero-order valence-corrected chi connectivity index (χ0v) is 11.9. The molecule has 0 fully saturated rings. The normalized spacial score (nSPS) is 11.1. The molecule has 1 aromatic carbocycles. The molecule has 0 aliphatic rings. The van der Waals surface area contributed by atoms with Gasteiger partial charge in [-0.15, -0.1) is 0 Å². The summed E-state index contributed by atoms with van der Waals surface area (Å²) in [4.78, 5) is 22.3. The van der Waals surface area contributed by atoms with Crippen LogP contribution in [0.3, 0.4) is 0 Å². The lowest BCUT2D eigenvalue weighted by molar-refractivity contribution is -0.385. The largest absolute Gasteiger partial charge is 0.347 e. The molecule has 0 spiro atoms. The molecular formula is C12H15BrN2O3. The van der Waals surface area contributed by atoms with E-state index in [1.807, 2.05) is 13.8 Å². The highest BCUT2D eigenvalue weighted by Crippen LogP contribution is 2.19. The summed E-state index contributed by atoms with van der Waals surface area (Å²) in [5.74, 6) is -0.423. The van der Waals surface area contributed by atoms with Crippen LogP contribution in [0.2, 0.25) is 0 Å². The lowest BCUT2D eigenvalue weighted by Gasteiger charge is -2.25. The van der Waals surface area contributed by atoms with Crippen molar-refractivity contribution < 1.29 is 9.72 Å². The average Bonchev–Trinajstić information content (AvgIpc) is 2.28. The quantitative estimate of drug-likeness (QED) is 0.516. The third-order valence-corrected chi connectivity index (χ3v) is 2.91. The second-order valence-corrected chi connectivity index (χ2v) is 5.34. The highest BCUT2D eigenvalue weighted by molar-refractivity contribution is 9.09. The molecule has 0 heterocycles. The van der Waals surface area contributed by atoms with Gasteiger partial charge in [0.25, 0.3) is 11.6 Å². The van der Waals surface area contributed by atoms with Gasteiger partial charge in [0.1, 0.15) is 5.56 Å². The standard InChI is InChI=1S/C12H15BrN2O3/c1-12(2,7-8-13)14-11(16)9-5-3-4-6-10(9)15(17)18/h3-6H,7-8H2,1-2H3,(H,14,16). The zero-order valence-electron chi connectivity index (χ0n) is 10.3. The fourth-order valence-electron chi connectivity index (χ4n) is 1.50. The number of amides is 1. The Kier molecular flexibility index (Phi) is 4.84. The molecule has 0 aromatic heterocycles. The third-order valence-electron chi connectivity index (χ3n) is 2.52. The highest BCUT2D eigenvalue weighted by Gasteiger charge is 2.25. The maximum absolute atomic E-state index is 12.0. The van der Waals surface area contributed by atoms with Gasteiger partial charge < -0.3 is 5.32 Å². The molecule has 98 valence electrons. The van der Waals surface area contributed by atoms with Crippen LogP contribution in [0.1, 0.15) is 30.6 Å². The Hall–Kier alpha value is -1.43. The van der Waals surface area contributed by atoms with E-state index in [2.05, 4.69) is 21.2 Å². The molecule has 1 rings (SSSR count). The van der Waals surface area contributed by atoms with Gasteiger partial charge in [0, 0.05) is 16.9 Å². The van der Waals surface area contributed by atoms with E-state index in [9.17, 15) is 14.9 Å². The molecule has 1 N–H and O–H groups in total. The van der Waals surface area contributed by atoms with Crippen LogP contribution >= 0.6 is 15.9 Å². The first kappa shape index (κ1) is 14.6. The minimum absolute atomic E-state index is 0.0881. The van der Waals surface area contributed by atoms with E-state index in [1.165, 1.54) is 12.1 Å². The number of para-hydroxylation sites is 1. The lowest BCUT2D eigenvalue weighted by atomic mass is 10.0. The van der Waals surface area contributed by atoms with Crippen molar-refractivity contribution in [1.82, 2.24) is 5.32 Å². The van der Waals surface area contributed by atoms with Gasteiger partial charge in [-0.05, 0) is 26.3 Å². The average molecular weight is 315 g/mol. The molecule has 0 aliphatic carbocycles. The number of halogens is 1. The molecule has 5 nitrogen and oxygen atoms in total. The van der Waals surface area contributed by atoms with E-state index >= 15 is 0 Å². The maximum Gasteiger partial charge on any atom is 0.282 e. The van der Waals surface area contributed by atoms with E-state index < -0.39 is 16.4 Å². The molecule has 0 radical (unpaired) electrons. The number of nitro groups is 1. The van der Waals surface area contributed by atoms with Crippen LogP contribution in [0.4, 0.5) is 5.69 Å². The van der Waals surface area contributed by atoms with Gasteiger partial charge in [0.2, 0.25) is 0 Å². The lowest BCUT2D eigenvalue weighted by Crippen LogP contribution is -2.43. The first-order chi connectivity index (χ1) is 8.37. The smallest absolute Gasteiger partial charge is 0.282 e. The molecule has 0 aliphatic heterocycles. The van der Waals surface area contributed by atoms with Gasteiger partial charge in [-0.1, -0.05) is 28.1 Å². The van der Waals surface area contributed by atoms with Crippen LogP contribution in [-0.2, 0) is 0 Å². The Bertz CT molecular complexity index is 460. The molecule has 0 atom stereocenters. The molecule has 6 heteroatoms. The highest BCUT2D eigenvalue weighted by atomic mass is 79.9. The van der Waals surface area contributed by atoms with Crippen LogP contribution in [0.25, 0.3) is 0 Å². The zero-order chi connectivity index (χ0) is 13.8.